The molecule has 6 nitrogen and oxygen atoms in total. The zero-order valence-electron chi connectivity index (χ0n) is 12.1. The molecule has 0 unspecified atom stereocenters. The molecule has 2 fully saturated rings. The third-order valence-corrected chi connectivity index (χ3v) is 5.57. The lowest BCUT2D eigenvalue weighted by atomic mass is 9.98. The Morgan fingerprint density at radius 3 is 2.77 bits per heavy atom. The number of alkyl halides is 3. The third-order valence-electron chi connectivity index (χ3n) is 4.03. The molecule has 0 atom stereocenters. The molecule has 0 saturated carbocycles. The first-order valence-electron chi connectivity index (χ1n) is 7.22. The summed E-state index contributed by atoms with van der Waals surface area (Å²) in [6.45, 7) is 2.41. The summed E-state index contributed by atoms with van der Waals surface area (Å²) < 4.78 is 44.0. The van der Waals surface area contributed by atoms with Crippen LogP contribution in [0.25, 0.3) is 0 Å². The molecule has 3 rings (SSSR count). The van der Waals surface area contributed by atoms with Crippen molar-refractivity contribution >= 4 is 11.8 Å². The molecule has 3 heterocycles. The van der Waals surface area contributed by atoms with E-state index in [0.717, 1.165) is 49.6 Å². The van der Waals surface area contributed by atoms with Gasteiger partial charge in [-0.3, -0.25) is 4.90 Å². The van der Waals surface area contributed by atoms with E-state index >= 15 is 0 Å². The fraction of sp³-hybridized carbons (Fsp3) is 0.917. The topological polar surface area (TPSA) is 56.1 Å². The summed E-state index contributed by atoms with van der Waals surface area (Å²) in [4.78, 5) is 2.15. The van der Waals surface area contributed by atoms with E-state index in [1.54, 1.807) is 0 Å². The van der Waals surface area contributed by atoms with E-state index < -0.39 is 12.7 Å². The number of nitrogens with zero attached hydrogens (tertiary/aromatic N) is 5. The Bertz CT molecular complexity index is 498. The largest absolute Gasteiger partial charge is 0.408 e. The second-order valence-corrected chi connectivity index (χ2v) is 7.29. The Hall–Kier alpha value is -0.870. The van der Waals surface area contributed by atoms with Crippen molar-refractivity contribution in [1.82, 2.24) is 25.1 Å². The molecule has 0 bridgehead atoms. The number of ether oxygens (including phenoxy) is 1. The molecule has 2 aliphatic rings. The second kappa shape index (κ2) is 6.32. The predicted molar refractivity (Wildman–Crippen MR) is 74.4 cm³/mol. The van der Waals surface area contributed by atoms with E-state index in [4.69, 9.17) is 4.74 Å². The van der Waals surface area contributed by atoms with Gasteiger partial charge in [-0.25, -0.2) is 4.68 Å². The van der Waals surface area contributed by atoms with Gasteiger partial charge in [0.25, 0.3) is 0 Å². The highest BCUT2D eigenvalue weighted by Gasteiger charge is 2.38. The molecule has 2 saturated heterocycles. The first-order chi connectivity index (χ1) is 10.5. The maximum absolute atomic E-state index is 12.5. The van der Waals surface area contributed by atoms with Crippen LogP contribution in [0.1, 0.15) is 18.7 Å². The van der Waals surface area contributed by atoms with E-state index in [1.165, 1.54) is 0 Å². The number of hydrogen-bond acceptors (Lipinski definition) is 6. The van der Waals surface area contributed by atoms with Crippen LogP contribution in [0.3, 0.4) is 0 Å². The van der Waals surface area contributed by atoms with Crippen LogP contribution in [0.2, 0.25) is 0 Å². The minimum Gasteiger partial charge on any atom is -0.381 e. The standard InChI is InChI=1S/C12H18F3N5OS/c13-12(14,15)9-20-10(16-17-18-20)7-19-3-6-22-11(8-19)1-4-21-5-2-11/h1-9H2. The number of thioether (sulfide) groups is 1. The summed E-state index contributed by atoms with van der Waals surface area (Å²) in [6, 6.07) is 0. The number of aromatic nitrogens is 4. The van der Waals surface area contributed by atoms with Crippen molar-refractivity contribution in [3.05, 3.63) is 5.82 Å². The molecule has 0 aromatic carbocycles. The van der Waals surface area contributed by atoms with E-state index in [0.29, 0.717) is 6.54 Å². The third kappa shape index (κ3) is 3.90. The van der Waals surface area contributed by atoms with E-state index in [2.05, 4.69) is 20.4 Å². The SMILES string of the molecule is FC(F)(F)Cn1nnnc1CN1CCSC2(CCOCC2)C1. The van der Waals surface area contributed by atoms with Crippen LogP contribution >= 0.6 is 11.8 Å². The van der Waals surface area contributed by atoms with Crippen molar-refractivity contribution < 1.29 is 17.9 Å². The Kier molecular flexibility index (Phi) is 4.60. The molecule has 1 spiro atoms. The van der Waals surface area contributed by atoms with Crippen LogP contribution in [0.15, 0.2) is 0 Å². The molecule has 1 aromatic heterocycles. The molecule has 0 amide bonds. The van der Waals surface area contributed by atoms with Crippen molar-refractivity contribution in [3.63, 3.8) is 0 Å². The lowest BCUT2D eigenvalue weighted by molar-refractivity contribution is -0.143. The van der Waals surface area contributed by atoms with Crippen molar-refractivity contribution in [2.24, 2.45) is 0 Å². The number of rotatable bonds is 3. The average Bonchev–Trinajstić information content (AvgIpc) is 2.85. The minimum absolute atomic E-state index is 0.165. The van der Waals surface area contributed by atoms with Crippen LogP contribution in [0.5, 0.6) is 0 Å². The van der Waals surface area contributed by atoms with Crippen molar-refractivity contribution in [1.29, 1.82) is 0 Å². The van der Waals surface area contributed by atoms with Gasteiger partial charge in [0, 0.05) is 36.8 Å². The molecular weight excluding hydrogens is 319 g/mol. The Morgan fingerprint density at radius 1 is 1.27 bits per heavy atom. The summed E-state index contributed by atoms with van der Waals surface area (Å²) in [5.74, 6) is 1.24. The van der Waals surface area contributed by atoms with Gasteiger partial charge in [-0.1, -0.05) is 0 Å². The smallest absolute Gasteiger partial charge is 0.381 e. The van der Waals surface area contributed by atoms with Crippen LogP contribution in [-0.2, 0) is 17.8 Å². The Morgan fingerprint density at radius 2 is 2.05 bits per heavy atom. The Labute approximate surface area is 130 Å². The number of halogens is 3. The van der Waals surface area contributed by atoms with Gasteiger partial charge in [0.15, 0.2) is 5.82 Å². The van der Waals surface area contributed by atoms with Gasteiger partial charge < -0.3 is 4.74 Å². The second-order valence-electron chi connectivity index (χ2n) is 5.72. The molecule has 10 heteroatoms. The summed E-state index contributed by atoms with van der Waals surface area (Å²) in [5.41, 5.74) is 0. The van der Waals surface area contributed by atoms with Crippen molar-refractivity contribution in [2.75, 3.05) is 32.1 Å². The molecule has 124 valence electrons. The van der Waals surface area contributed by atoms with Gasteiger partial charge in [0.1, 0.15) is 6.54 Å². The fourth-order valence-corrected chi connectivity index (χ4v) is 4.45. The van der Waals surface area contributed by atoms with Gasteiger partial charge in [-0.05, 0) is 23.3 Å². The zero-order valence-corrected chi connectivity index (χ0v) is 12.9. The maximum atomic E-state index is 12.5. The number of tetrazole rings is 1. The van der Waals surface area contributed by atoms with Gasteiger partial charge in [0.2, 0.25) is 0 Å². The lowest BCUT2D eigenvalue weighted by Gasteiger charge is -2.44. The molecule has 22 heavy (non-hydrogen) atoms. The molecule has 1 aromatic rings. The van der Waals surface area contributed by atoms with Crippen molar-refractivity contribution in [3.8, 4) is 0 Å². The van der Waals surface area contributed by atoms with Gasteiger partial charge in [0.05, 0.1) is 6.54 Å². The summed E-state index contributed by atoms with van der Waals surface area (Å²) in [7, 11) is 0. The summed E-state index contributed by atoms with van der Waals surface area (Å²) in [6.07, 6.45) is -2.34. The predicted octanol–water partition coefficient (Wildman–Crippen LogP) is 1.33. The summed E-state index contributed by atoms with van der Waals surface area (Å²) in [5, 5.41) is 10.6. The first kappa shape index (κ1) is 16.0. The van der Waals surface area contributed by atoms with E-state index in [9.17, 15) is 13.2 Å². The minimum atomic E-state index is -4.32. The van der Waals surface area contributed by atoms with E-state index in [-0.39, 0.29) is 10.6 Å². The first-order valence-corrected chi connectivity index (χ1v) is 8.20. The Balaban J connectivity index is 1.64. The fourth-order valence-electron chi connectivity index (χ4n) is 2.93. The zero-order chi connectivity index (χ0) is 15.6. The monoisotopic (exact) mass is 337 g/mol. The molecule has 2 aliphatic heterocycles. The van der Waals surface area contributed by atoms with Gasteiger partial charge in [-0.2, -0.15) is 24.9 Å². The normalized spacial score (nSPS) is 23.0. The molecule has 0 radical (unpaired) electrons. The molecule has 0 N–H and O–H groups in total. The van der Waals surface area contributed by atoms with Crippen LogP contribution in [-0.4, -0.2) is 68.1 Å². The van der Waals surface area contributed by atoms with Crippen LogP contribution in [0.4, 0.5) is 13.2 Å². The lowest BCUT2D eigenvalue weighted by Crippen LogP contribution is -2.49. The highest BCUT2D eigenvalue weighted by molar-refractivity contribution is 8.00. The van der Waals surface area contributed by atoms with Gasteiger partial charge >= 0.3 is 6.18 Å². The van der Waals surface area contributed by atoms with Crippen molar-refractivity contribution in [2.45, 2.75) is 36.9 Å². The van der Waals surface area contributed by atoms with Gasteiger partial charge in [-0.15, -0.1) is 5.10 Å². The molecular formula is C12H18F3N5OS. The van der Waals surface area contributed by atoms with Crippen LogP contribution < -0.4 is 0 Å². The maximum Gasteiger partial charge on any atom is 0.408 e. The van der Waals surface area contributed by atoms with Crippen LogP contribution in [0, 0.1) is 0 Å². The van der Waals surface area contributed by atoms with E-state index in [1.807, 2.05) is 11.8 Å². The average molecular weight is 337 g/mol. The quantitative estimate of drug-likeness (QED) is 0.830. The highest BCUT2D eigenvalue weighted by Crippen LogP contribution is 2.39. The number of hydrogen-bond donors (Lipinski definition) is 0. The summed E-state index contributed by atoms with van der Waals surface area (Å²) >= 11 is 1.96. The molecule has 0 aliphatic carbocycles. The highest BCUT2D eigenvalue weighted by atomic mass is 32.2.